The second kappa shape index (κ2) is 7.96. The van der Waals surface area contributed by atoms with Crippen LogP contribution in [-0.4, -0.2) is 23.4 Å². The number of carbonyl (C=O) groups is 2. The number of nitrogens with zero attached hydrogens (tertiary/aromatic N) is 1. The lowest BCUT2D eigenvalue weighted by atomic mass is 10.1. The molecule has 0 aliphatic heterocycles. The number of anilines is 1. The van der Waals surface area contributed by atoms with Crippen molar-refractivity contribution in [3.8, 4) is 0 Å². The van der Waals surface area contributed by atoms with Gasteiger partial charge in [0.05, 0.1) is 21.2 Å². The minimum absolute atomic E-state index is 0.0165. The molecule has 0 atom stereocenters. The summed E-state index contributed by atoms with van der Waals surface area (Å²) in [4.78, 5) is 34.2. The van der Waals surface area contributed by atoms with Gasteiger partial charge in [0.2, 0.25) is 0 Å². The first-order chi connectivity index (χ1) is 11.8. The van der Waals surface area contributed by atoms with Crippen LogP contribution >= 0.6 is 23.2 Å². The predicted molar refractivity (Wildman–Crippen MR) is 93.2 cm³/mol. The lowest BCUT2D eigenvalue weighted by Crippen LogP contribution is -2.21. The second-order valence-corrected chi connectivity index (χ2v) is 5.80. The number of benzene rings is 2. The second-order valence-electron chi connectivity index (χ2n) is 4.96. The lowest BCUT2D eigenvalue weighted by molar-refractivity contribution is -0.385. The Morgan fingerprint density at radius 2 is 1.96 bits per heavy atom. The summed E-state index contributed by atoms with van der Waals surface area (Å²) in [5.74, 6) is -1.46. The molecule has 0 fully saturated rings. The number of hydrogen-bond acceptors (Lipinski definition) is 5. The molecule has 0 aliphatic rings. The molecule has 0 radical (unpaired) electrons. The number of hydrogen-bond donors (Lipinski definition) is 1. The van der Waals surface area contributed by atoms with Crippen LogP contribution in [0, 0.1) is 17.0 Å². The van der Waals surface area contributed by atoms with Crippen LogP contribution in [0.1, 0.15) is 15.9 Å². The minimum atomic E-state index is -0.839. The quantitative estimate of drug-likeness (QED) is 0.478. The molecule has 2 aromatic rings. The van der Waals surface area contributed by atoms with E-state index in [0.717, 1.165) is 0 Å². The molecule has 1 N–H and O–H groups in total. The van der Waals surface area contributed by atoms with Crippen molar-refractivity contribution in [3.63, 3.8) is 0 Å². The maximum absolute atomic E-state index is 12.0. The average molecular weight is 383 g/mol. The first-order valence-electron chi connectivity index (χ1n) is 6.95. The van der Waals surface area contributed by atoms with Crippen molar-refractivity contribution < 1.29 is 19.2 Å². The number of ether oxygens (including phenoxy) is 1. The largest absolute Gasteiger partial charge is 0.452 e. The number of nitrogens with one attached hydrogen (secondary N) is 1. The van der Waals surface area contributed by atoms with E-state index in [1.54, 1.807) is 6.07 Å². The van der Waals surface area contributed by atoms with Crippen molar-refractivity contribution in [1.82, 2.24) is 0 Å². The maximum Gasteiger partial charge on any atom is 0.339 e. The van der Waals surface area contributed by atoms with E-state index in [-0.39, 0.29) is 27.5 Å². The van der Waals surface area contributed by atoms with E-state index >= 15 is 0 Å². The van der Waals surface area contributed by atoms with Crippen molar-refractivity contribution in [2.75, 3.05) is 11.9 Å². The van der Waals surface area contributed by atoms with Crippen molar-refractivity contribution in [2.24, 2.45) is 0 Å². The van der Waals surface area contributed by atoms with Crippen LogP contribution in [0.15, 0.2) is 36.4 Å². The highest BCUT2D eigenvalue weighted by Gasteiger charge is 2.19. The molecule has 0 saturated carbocycles. The summed E-state index contributed by atoms with van der Waals surface area (Å²) in [7, 11) is 0. The van der Waals surface area contributed by atoms with E-state index in [9.17, 15) is 19.7 Å². The van der Waals surface area contributed by atoms with E-state index in [1.165, 1.54) is 37.3 Å². The number of esters is 1. The Labute approximate surface area is 152 Å². The van der Waals surface area contributed by atoms with Gasteiger partial charge in [0.25, 0.3) is 11.6 Å². The number of rotatable bonds is 5. The molecule has 25 heavy (non-hydrogen) atoms. The van der Waals surface area contributed by atoms with Crippen molar-refractivity contribution in [1.29, 1.82) is 0 Å². The monoisotopic (exact) mass is 382 g/mol. The van der Waals surface area contributed by atoms with E-state index in [4.69, 9.17) is 27.9 Å². The van der Waals surface area contributed by atoms with Gasteiger partial charge in [-0.25, -0.2) is 4.79 Å². The summed E-state index contributed by atoms with van der Waals surface area (Å²) in [5.41, 5.74) is 0.255. The van der Waals surface area contributed by atoms with E-state index < -0.39 is 23.4 Å². The van der Waals surface area contributed by atoms with Gasteiger partial charge in [-0.1, -0.05) is 29.3 Å². The summed E-state index contributed by atoms with van der Waals surface area (Å²) < 4.78 is 4.90. The summed E-state index contributed by atoms with van der Waals surface area (Å²) in [6.07, 6.45) is 0. The van der Waals surface area contributed by atoms with Crippen LogP contribution < -0.4 is 5.32 Å². The highest BCUT2D eigenvalue weighted by molar-refractivity contribution is 6.35. The Bertz CT molecular complexity index is 854. The fourth-order valence-electron chi connectivity index (χ4n) is 2.03. The summed E-state index contributed by atoms with van der Waals surface area (Å²) in [6.45, 7) is 0.852. The van der Waals surface area contributed by atoms with Gasteiger partial charge in [-0.2, -0.15) is 0 Å². The van der Waals surface area contributed by atoms with Crippen LogP contribution in [0.3, 0.4) is 0 Å². The molecule has 0 aliphatic carbocycles. The highest BCUT2D eigenvalue weighted by atomic mass is 35.5. The third kappa shape index (κ3) is 4.68. The fraction of sp³-hybridized carbons (Fsp3) is 0.125. The first kappa shape index (κ1) is 18.7. The van der Waals surface area contributed by atoms with Crippen LogP contribution in [0.5, 0.6) is 0 Å². The molecule has 0 aromatic heterocycles. The van der Waals surface area contributed by atoms with Gasteiger partial charge < -0.3 is 10.1 Å². The Morgan fingerprint density at radius 1 is 1.24 bits per heavy atom. The molecule has 130 valence electrons. The van der Waals surface area contributed by atoms with Crippen LogP contribution in [0.25, 0.3) is 0 Å². The molecule has 7 nitrogen and oxygen atoms in total. The Hall–Kier alpha value is -2.64. The zero-order chi connectivity index (χ0) is 18.6. The number of nitro benzene ring substituents is 1. The van der Waals surface area contributed by atoms with Crippen molar-refractivity contribution in [3.05, 3.63) is 67.7 Å². The number of carbonyl (C=O) groups excluding carboxylic acids is 2. The molecule has 0 unspecified atom stereocenters. The van der Waals surface area contributed by atoms with Crippen LogP contribution in [0.4, 0.5) is 11.4 Å². The third-order valence-corrected chi connectivity index (χ3v) is 3.82. The van der Waals surface area contributed by atoms with Crippen LogP contribution in [0.2, 0.25) is 10.0 Å². The fourth-order valence-corrected chi connectivity index (χ4v) is 2.37. The topological polar surface area (TPSA) is 98.5 Å². The maximum atomic E-state index is 12.0. The molecule has 1 amide bonds. The molecule has 0 heterocycles. The number of halogens is 2. The van der Waals surface area contributed by atoms with Gasteiger partial charge in [-0.15, -0.1) is 0 Å². The molecular formula is C16H12Cl2N2O5. The predicted octanol–water partition coefficient (Wildman–Crippen LogP) is 4.01. The molecule has 9 heteroatoms. The molecule has 0 spiro atoms. The molecular weight excluding hydrogens is 371 g/mol. The Morgan fingerprint density at radius 3 is 2.64 bits per heavy atom. The SMILES string of the molecule is Cc1c(C(=O)OCC(=O)Nc2cc(Cl)ccc2Cl)cccc1[N+](=O)[O-]. The minimum Gasteiger partial charge on any atom is -0.452 e. The summed E-state index contributed by atoms with van der Waals surface area (Å²) in [5, 5.41) is 14.0. The van der Waals surface area contributed by atoms with E-state index in [0.29, 0.717) is 5.02 Å². The average Bonchev–Trinajstić information content (AvgIpc) is 2.56. The van der Waals surface area contributed by atoms with Gasteiger partial charge in [0.15, 0.2) is 6.61 Å². The molecule has 0 saturated heterocycles. The standard InChI is InChI=1S/C16H12Cl2N2O5/c1-9-11(3-2-4-14(9)20(23)24)16(22)25-8-15(21)19-13-7-10(17)5-6-12(13)18/h2-7H,8H2,1H3,(H,19,21). The Kier molecular flexibility index (Phi) is 5.95. The van der Waals surface area contributed by atoms with Crippen molar-refractivity contribution in [2.45, 2.75) is 6.92 Å². The normalized spacial score (nSPS) is 10.2. The lowest BCUT2D eigenvalue weighted by Gasteiger charge is -2.09. The summed E-state index contributed by atoms with van der Waals surface area (Å²) in [6, 6.07) is 8.56. The van der Waals surface area contributed by atoms with Crippen molar-refractivity contribution >= 4 is 46.5 Å². The molecule has 2 rings (SSSR count). The van der Waals surface area contributed by atoms with Crippen LogP contribution in [-0.2, 0) is 9.53 Å². The first-order valence-corrected chi connectivity index (χ1v) is 7.71. The zero-order valence-electron chi connectivity index (χ0n) is 12.9. The Balaban J connectivity index is 2.03. The van der Waals surface area contributed by atoms with Gasteiger partial charge in [0, 0.05) is 16.7 Å². The van der Waals surface area contributed by atoms with Gasteiger partial charge in [-0.05, 0) is 31.2 Å². The van der Waals surface area contributed by atoms with Gasteiger partial charge >= 0.3 is 5.97 Å². The molecule has 2 aromatic carbocycles. The highest BCUT2D eigenvalue weighted by Crippen LogP contribution is 2.25. The molecule has 0 bridgehead atoms. The van der Waals surface area contributed by atoms with E-state index in [2.05, 4.69) is 5.32 Å². The van der Waals surface area contributed by atoms with E-state index in [1.807, 2.05) is 0 Å². The smallest absolute Gasteiger partial charge is 0.339 e. The van der Waals surface area contributed by atoms with Gasteiger partial charge in [0.1, 0.15) is 0 Å². The zero-order valence-corrected chi connectivity index (χ0v) is 14.4. The van der Waals surface area contributed by atoms with Gasteiger partial charge in [-0.3, -0.25) is 14.9 Å². The third-order valence-electron chi connectivity index (χ3n) is 3.26. The number of nitro groups is 1. The number of amides is 1. The summed E-state index contributed by atoms with van der Waals surface area (Å²) >= 11 is 11.7.